The van der Waals surface area contributed by atoms with Gasteiger partial charge in [0.05, 0.1) is 22.4 Å². The van der Waals surface area contributed by atoms with E-state index < -0.39 is 0 Å². The molecule has 0 N–H and O–H groups in total. The van der Waals surface area contributed by atoms with Crippen molar-refractivity contribution in [3.63, 3.8) is 0 Å². The largest absolute Gasteiger partial charge is 0.495 e. The third-order valence-corrected chi connectivity index (χ3v) is 10.6. The highest BCUT2D eigenvalue weighted by Gasteiger charge is 2.55. The van der Waals surface area contributed by atoms with Gasteiger partial charge in [0.15, 0.2) is 0 Å². The summed E-state index contributed by atoms with van der Waals surface area (Å²) < 4.78 is 25.8. The molecule has 0 radical (unpaired) electrons. The molecule has 1 aromatic carbocycles. The lowest BCUT2D eigenvalue weighted by Crippen LogP contribution is -2.41. The molecule has 2 bridgehead atoms. The van der Waals surface area contributed by atoms with Crippen LogP contribution >= 0.6 is 0 Å². The van der Waals surface area contributed by atoms with Crippen LogP contribution < -0.4 is 10.4 Å². The van der Waals surface area contributed by atoms with E-state index in [4.69, 9.17) is 18.6 Å². The monoisotopic (exact) mass is 479 g/mol. The average Bonchev–Trinajstić information content (AvgIpc) is 3.49. The smallest absolute Gasteiger partial charge is 0.403 e. The van der Waals surface area contributed by atoms with Crippen molar-refractivity contribution in [3.05, 3.63) is 23.3 Å². The molecule has 2 unspecified atom stereocenters. The lowest BCUT2D eigenvalue weighted by Gasteiger charge is -2.37. The summed E-state index contributed by atoms with van der Waals surface area (Å²) in [6, 6.07) is 4.69. The van der Waals surface area contributed by atoms with E-state index in [1.807, 2.05) is 0 Å². The van der Waals surface area contributed by atoms with Gasteiger partial charge >= 0.3 is 14.2 Å². The Balaban J connectivity index is 1.23. The number of piperidine rings is 1. The fourth-order valence-corrected chi connectivity index (χ4v) is 6.98. The second-order valence-corrected chi connectivity index (χ2v) is 13.7. The first-order valence-corrected chi connectivity index (χ1v) is 13.9. The lowest BCUT2D eigenvalue weighted by atomic mass is 9.66. The Morgan fingerprint density at radius 1 is 0.686 bits per heavy atom. The number of hydrogen-bond donors (Lipinski definition) is 0. The van der Waals surface area contributed by atoms with Crippen molar-refractivity contribution in [2.75, 3.05) is 18.0 Å². The molecule has 4 fully saturated rings. The maximum atomic E-state index is 6.51. The van der Waals surface area contributed by atoms with Gasteiger partial charge in [0.25, 0.3) is 0 Å². The second kappa shape index (κ2) is 7.75. The van der Waals surface area contributed by atoms with Gasteiger partial charge in [0, 0.05) is 18.8 Å². The van der Waals surface area contributed by atoms with Gasteiger partial charge in [-0.05, 0) is 128 Å². The molecule has 5 aliphatic rings. The van der Waals surface area contributed by atoms with Crippen LogP contribution in [0.3, 0.4) is 0 Å². The normalized spacial score (nSPS) is 32.5. The van der Waals surface area contributed by atoms with Crippen molar-refractivity contribution < 1.29 is 18.6 Å². The van der Waals surface area contributed by atoms with Crippen LogP contribution in [0.15, 0.2) is 12.1 Å². The molecule has 0 aromatic heterocycles. The molecule has 0 spiro atoms. The quantitative estimate of drug-likeness (QED) is 0.543. The summed E-state index contributed by atoms with van der Waals surface area (Å²) in [4.78, 5) is 2.63. The molecular weight excluding hydrogens is 436 g/mol. The third-order valence-electron chi connectivity index (χ3n) is 10.6. The van der Waals surface area contributed by atoms with Crippen LogP contribution in [-0.2, 0) is 18.6 Å². The summed E-state index contributed by atoms with van der Waals surface area (Å²) >= 11 is 0. The van der Waals surface area contributed by atoms with E-state index in [1.165, 1.54) is 30.4 Å². The van der Waals surface area contributed by atoms with E-state index in [9.17, 15) is 0 Å². The van der Waals surface area contributed by atoms with Crippen LogP contribution in [0.4, 0.5) is 5.69 Å². The molecule has 2 atom stereocenters. The van der Waals surface area contributed by atoms with Gasteiger partial charge in [0.2, 0.25) is 0 Å². The van der Waals surface area contributed by atoms with E-state index in [2.05, 4.69) is 72.4 Å². The average molecular weight is 479 g/mol. The Labute approximate surface area is 212 Å². The van der Waals surface area contributed by atoms with Gasteiger partial charge in [-0.25, -0.2) is 0 Å². The third kappa shape index (κ3) is 3.66. The van der Waals surface area contributed by atoms with E-state index >= 15 is 0 Å². The fourth-order valence-electron chi connectivity index (χ4n) is 6.98. The summed E-state index contributed by atoms with van der Waals surface area (Å²) in [5, 5.41) is 0. The van der Waals surface area contributed by atoms with E-state index in [0.717, 1.165) is 25.9 Å². The van der Waals surface area contributed by atoms with Gasteiger partial charge in [-0.3, -0.25) is 0 Å². The van der Waals surface area contributed by atoms with Gasteiger partial charge in [0.1, 0.15) is 0 Å². The molecule has 190 valence electrons. The van der Waals surface area contributed by atoms with Crippen LogP contribution in [0.5, 0.6) is 0 Å². The maximum absolute atomic E-state index is 6.51. The Morgan fingerprint density at radius 2 is 1.20 bits per heavy atom. The first-order chi connectivity index (χ1) is 16.3. The number of nitrogens with zero attached hydrogens (tertiary/aromatic N) is 1. The number of anilines is 1. The van der Waals surface area contributed by atoms with Crippen molar-refractivity contribution in [2.24, 2.45) is 0 Å². The topological polar surface area (TPSA) is 40.2 Å². The minimum Gasteiger partial charge on any atom is -0.403 e. The van der Waals surface area contributed by atoms with Gasteiger partial charge < -0.3 is 23.5 Å². The zero-order chi connectivity index (χ0) is 25.0. The summed E-state index contributed by atoms with van der Waals surface area (Å²) in [6.07, 6.45) is 6.14. The summed E-state index contributed by atoms with van der Waals surface area (Å²) in [5.74, 6) is 1.81. The fraction of sp³-hybridized carbons (Fsp3) is 0.786. The molecule has 1 saturated carbocycles. The number of hydrogen-bond acceptors (Lipinski definition) is 5. The minimum atomic E-state index is -0.309. The first-order valence-electron chi connectivity index (χ1n) is 13.9. The molecule has 0 amide bonds. The Bertz CT molecular complexity index is 982. The number of rotatable bonds is 3. The summed E-state index contributed by atoms with van der Waals surface area (Å²) in [6.45, 7) is 19.3. The lowest BCUT2D eigenvalue weighted by molar-refractivity contribution is 0.00578. The highest BCUT2D eigenvalue weighted by atomic mass is 16.7. The highest BCUT2D eigenvalue weighted by molar-refractivity contribution is 6.62. The summed E-state index contributed by atoms with van der Waals surface area (Å²) in [7, 11) is -0.356. The molecular formula is C28H43B2NO4. The van der Waals surface area contributed by atoms with Crippen LogP contribution in [0.1, 0.15) is 110 Å². The van der Waals surface area contributed by atoms with Crippen molar-refractivity contribution in [3.8, 4) is 0 Å². The van der Waals surface area contributed by atoms with E-state index in [1.54, 1.807) is 11.1 Å². The molecule has 35 heavy (non-hydrogen) atoms. The van der Waals surface area contributed by atoms with Crippen molar-refractivity contribution in [1.82, 2.24) is 0 Å². The standard InChI is InChI=1S/C28H43B2NO4/c1-25(2)26(3,4)33-29(32-25)20-13-15-31(16-14-20)22-12-11-21(23-18-9-10-19(17-18)24(22)23)30-34-27(5,6)28(7,8)35-30/h11-12,18-20H,9-10,13-17H2,1-8H3. The first kappa shape index (κ1) is 24.3. The Hall–Kier alpha value is -1.01. The Morgan fingerprint density at radius 3 is 1.77 bits per heavy atom. The van der Waals surface area contributed by atoms with Crippen LogP contribution in [-0.4, -0.2) is 49.7 Å². The van der Waals surface area contributed by atoms with Crippen molar-refractivity contribution in [1.29, 1.82) is 0 Å². The van der Waals surface area contributed by atoms with E-state index in [0.29, 0.717) is 17.7 Å². The number of fused-ring (bicyclic) bond motifs is 5. The maximum Gasteiger partial charge on any atom is 0.495 e. The van der Waals surface area contributed by atoms with Crippen LogP contribution in [0.25, 0.3) is 0 Å². The summed E-state index contributed by atoms with van der Waals surface area (Å²) in [5.41, 5.74) is 4.76. The van der Waals surface area contributed by atoms with Crippen molar-refractivity contribution >= 4 is 25.4 Å². The number of benzene rings is 1. The molecule has 3 saturated heterocycles. The van der Waals surface area contributed by atoms with E-state index in [-0.39, 0.29) is 36.6 Å². The van der Waals surface area contributed by atoms with Gasteiger partial charge in [-0.15, -0.1) is 0 Å². The predicted octanol–water partition coefficient (Wildman–Crippen LogP) is 5.41. The molecule has 2 aliphatic carbocycles. The minimum absolute atomic E-state index is 0.0883. The predicted molar refractivity (Wildman–Crippen MR) is 143 cm³/mol. The highest BCUT2D eigenvalue weighted by Crippen LogP contribution is 2.56. The zero-order valence-corrected chi connectivity index (χ0v) is 23.1. The SMILES string of the molecule is CC1(C)OB(c2ccc(N3CCC(B4OC(C)(C)C(C)(C)O4)CC3)c3c2C2CCC3C2)OC1(C)C. The molecule has 7 heteroatoms. The Kier molecular flexibility index (Phi) is 5.39. The van der Waals surface area contributed by atoms with Crippen LogP contribution in [0.2, 0.25) is 5.82 Å². The van der Waals surface area contributed by atoms with Crippen LogP contribution in [0, 0.1) is 0 Å². The molecule has 5 nitrogen and oxygen atoms in total. The van der Waals surface area contributed by atoms with Gasteiger partial charge in [-0.1, -0.05) is 6.07 Å². The van der Waals surface area contributed by atoms with Gasteiger partial charge in [-0.2, -0.15) is 0 Å². The zero-order valence-electron chi connectivity index (χ0n) is 23.1. The molecule has 3 heterocycles. The molecule has 1 aromatic rings. The molecule has 6 rings (SSSR count). The second-order valence-electron chi connectivity index (χ2n) is 13.7. The van der Waals surface area contributed by atoms with Crippen molar-refractivity contribution in [2.45, 2.75) is 128 Å². The molecule has 3 aliphatic heterocycles.